The van der Waals surface area contributed by atoms with Gasteiger partial charge < -0.3 is 15.7 Å². The largest absolute Gasteiger partial charge is 0.388 e. The second-order valence-corrected chi connectivity index (χ2v) is 5.97. The average molecular weight is 266 g/mol. The predicted octanol–water partition coefficient (Wildman–Crippen LogP) is 2.51. The minimum absolute atomic E-state index is 0.222. The van der Waals surface area contributed by atoms with Gasteiger partial charge in [-0.2, -0.15) is 0 Å². The Hall–Kier alpha value is -1.13. The lowest BCUT2D eigenvalue weighted by Crippen LogP contribution is -2.46. The minimum atomic E-state index is -0.685. The molecule has 3 N–H and O–H groups in total. The summed E-state index contributed by atoms with van der Waals surface area (Å²) in [6, 6.07) is 3.14. The molecule has 0 spiro atoms. The van der Waals surface area contributed by atoms with Gasteiger partial charge in [0.25, 0.3) is 0 Å². The Labute approximate surface area is 114 Å². The number of aryl methyl sites for hydroxylation is 1. The number of nitrogens with zero attached hydrogens (tertiary/aromatic N) is 1. The van der Waals surface area contributed by atoms with E-state index in [0.717, 1.165) is 30.6 Å². The van der Waals surface area contributed by atoms with Crippen molar-refractivity contribution in [1.82, 2.24) is 0 Å². The van der Waals surface area contributed by atoms with Crippen LogP contribution in [0.25, 0.3) is 0 Å². The van der Waals surface area contributed by atoms with E-state index in [2.05, 4.69) is 4.90 Å². The van der Waals surface area contributed by atoms with Crippen LogP contribution in [-0.2, 0) is 0 Å². The van der Waals surface area contributed by atoms with Crippen LogP contribution in [0.5, 0.6) is 0 Å². The molecule has 1 aliphatic rings. The maximum Gasteiger partial charge on any atom is 0.126 e. The van der Waals surface area contributed by atoms with Gasteiger partial charge in [-0.15, -0.1) is 0 Å². The highest BCUT2D eigenvalue weighted by Gasteiger charge is 2.30. The standard InChI is InChI=1S/C15H23FN2O/c1-10-7-14(12(11(2)17)8-13(10)16)18-6-4-5-15(3,19)9-18/h7-8,11,19H,4-6,9,17H2,1-3H3. The van der Waals surface area contributed by atoms with E-state index in [1.54, 1.807) is 6.92 Å². The number of benzene rings is 1. The van der Waals surface area contributed by atoms with Gasteiger partial charge in [-0.3, -0.25) is 0 Å². The van der Waals surface area contributed by atoms with Gasteiger partial charge in [0.15, 0.2) is 0 Å². The van der Waals surface area contributed by atoms with Crippen molar-refractivity contribution in [2.45, 2.75) is 45.3 Å². The highest BCUT2D eigenvalue weighted by Crippen LogP contribution is 2.32. The molecule has 2 unspecified atom stereocenters. The number of hydrogen-bond acceptors (Lipinski definition) is 3. The highest BCUT2D eigenvalue weighted by atomic mass is 19.1. The third kappa shape index (κ3) is 3.07. The summed E-state index contributed by atoms with van der Waals surface area (Å²) in [6.07, 6.45) is 1.74. The molecule has 1 heterocycles. The second kappa shape index (κ2) is 5.10. The SMILES string of the molecule is Cc1cc(N2CCCC(C)(O)C2)c(C(C)N)cc1F. The molecule has 0 bridgehead atoms. The molecule has 1 aliphatic heterocycles. The number of aliphatic hydroxyl groups is 1. The summed E-state index contributed by atoms with van der Waals surface area (Å²) < 4.78 is 13.7. The number of nitrogens with two attached hydrogens (primary N) is 1. The average Bonchev–Trinajstić information content (AvgIpc) is 2.30. The molecule has 106 valence electrons. The van der Waals surface area contributed by atoms with Crippen LogP contribution in [0.15, 0.2) is 12.1 Å². The summed E-state index contributed by atoms with van der Waals surface area (Å²) in [5.74, 6) is -0.222. The van der Waals surface area contributed by atoms with Crippen molar-refractivity contribution in [3.8, 4) is 0 Å². The van der Waals surface area contributed by atoms with E-state index in [1.165, 1.54) is 6.07 Å². The fraction of sp³-hybridized carbons (Fsp3) is 0.600. The van der Waals surface area contributed by atoms with Crippen LogP contribution in [0, 0.1) is 12.7 Å². The maximum absolute atomic E-state index is 13.7. The Balaban J connectivity index is 2.40. The molecule has 1 fully saturated rings. The van der Waals surface area contributed by atoms with E-state index in [0.29, 0.717) is 12.1 Å². The molecule has 0 aromatic heterocycles. The molecule has 0 radical (unpaired) electrons. The van der Waals surface area contributed by atoms with Gasteiger partial charge in [0.05, 0.1) is 5.60 Å². The first-order valence-corrected chi connectivity index (χ1v) is 6.83. The van der Waals surface area contributed by atoms with Crippen LogP contribution in [0.4, 0.5) is 10.1 Å². The summed E-state index contributed by atoms with van der Waals surface area (Å²) in [4.78, 5) is 2.12. The molecule has 1 saturated heterocycles. The molecule has 1 aromatic carbocycles. The molecule has 3 nitrogen and oxygen atoms in total. The van der Waals surface area contributed by atoms with Crippen LogP contribution < -0.4 is 10.6 Å². The molecule has 0 amide bonds. The zero-order valence-electron chi connectivity index (χ0n) is 11.9. The van der Waals surface area contributed by atoms with Gasteiger partial charge in [0.1, 0.15) is 5.82 Å². The zero-order valence-corrected chi connectivity index (χ0v) is 11.9. The van der Waals surface area contributed by atoms with E-state index in [4.69, 9.17) is 5.73 Å². The van der Waals surface area contributed by atoms with Crippen molar-refractivity contribution < 1.29 is 9.50 Å². The Kier molecular flexibility index (Phi) is 3.83. The van der Waals surface area contributed by atoms with Crippen LogP contribution in [0.2, 0.25) is 0 Å². The topological polar surface area (TPSA) is 49.5 Å². The lowest BCUT2D eigenvalue weighted by Gasteiger charge is -2.39. The minimum Gasteiger partial charge on any atom is -0.388 e. The van der Waals surface area contributed by atoms with Gasteiger partial charge in [-0.1, -0.05) is 0 Å². The quantitative estimate of drug-likeness (QED) is 0.864. The molecule has 2 rings (SSSR count). The van der Waals surface area contributed by atoms with Gasteiger partial charge in [0, 0.05) is 24.8 Å². The molecule has 0 saturated carbocycles. The molecule has 1 aromatic rings. The lowest BCUT2D eigenvalue weighted by atomic mass is 9.93. The van der Waals surface area contributed by atoms with Crippen LogP contribution in [0.1, 0.15) is 43.9 Å². The van der Waals surface area contributed by atoms with E-state index >= 15 is 0 Å². The number of anilines is 1. The lowest BCUT2D eigenvalue weighted by molar-refractivity contribution is 0.0448. The summed E-state index contributed by atoms with van der Waals surface area (Å²) in [7, 11) is 0. The number of hydrogen-bond donors (Lipinski definition) is 2. The molecular formula is C15H23FN2O. The molecule has 19 heavy (non-hydrogen) atoms. The third-order valence-electron chi connectivity index (χ3n) is 3.81. The number of halogens is 1. The molecule has 4 heteroatoms. The van der Waals surface area contributed by atoms with E-state index in [9.17, 15) is 9.50 Å². The van der Waals surface area contributed by atoms with E-state index < -0.39 is 5.60 Å². The van der Waals surface area contributed by atoms with Crippen LogP contribution in [-0.4, -0.2) is 23.8 Å². The maximum atomic E-state index is 13.7. The fourth-order valence-electron chi connectivity index (χ4n) is 2.75. The molecular weight excluding hydrogens is 243 g/mol. The van der Waals surface area contributed by atoms with E-state index in [-0.39, 0.29) is 11.9 Å². The monoisotopic (exact) mass is 266 g/mol. The highest BCUT2D eigenvalue weighted by molar-refractivity contribution is 5.57. The van der Waals surface area contributed by atoms with Crippen molar-refractivity contribution >= 4 is 5.69 Å². The number of rotatable bonds is 2. The normalized spacial score (nSPS) is 25.5. The van der Waals surface area contributed by atoms with Gasteiger partial charge in [-0.05, 0) is 56.9 Å². The Bertz CT molecular complexity index is 471. The van der Waals surface area contributed by atoms with Crippen molar-refractivity contribution in [3.63, 3.8) is 0 Å². The van der Waals surface area contributed by atoms with Gasteiger partial charge in [-0.25, -0.2) is 4.39 Å². The summed E-state index contributed by atoms with van der Waals surface area (Å²) >= 11 is 0. The van der Waals surface area contributed by atoms with Crippen molar-refractivity contribution in [2.75, 3.05) is 18.0 Å². The summed E-state index contributed by atoms with van der Waals surface area (Å²) in [6.45, 7) is 6.90. The summed E-state index contributed by atoms with van der Waals surface area (Å²) in [5.41, 5.74) is 7.64. The zero-order chi connectivity index (χ0) is 14.2. The first kappa shape index (κ1) is 14.3. The first-order valence-electron chi connectivity index (χ1n) is 6.83. The van der Waals surface area contributed by atoms with Crippen molar-refractivity contribution in [2.24, 2.45) is 5.73 Å². The third-order valence-corrected chi connectivity index (χ3v) is 3.81. The fourth-order valence-corrected chi connectivity index (χ4v) is 2.75. The Morgan fingerprint density at radius 1 is 1.47 bits per heavy atom. The summed E-state index contributed by atoms with van der Waals surface area (Å²) in [5, 5.41) is 10.2. The van der Waals surface area contributed by atoms with Gasteiger partial charge in [0.2, 0.25) is 0 Å². The molecule has 2 atom stereocenters. The Morgan fingerprint density at radius 2 is 2.16 bits per heavy atom. The van der Waals surface area contributed by atoms with Crippen molar-refractivity contribution in [3.05, 3.63) is 29.1 Å². The molecule has 0 aliphatic carbocycles. The smallest absolute Gasteiger partial charge is 0.126 e. The van der Waals surface area contributed by atoms with E-state index in [1.807, 2.05) is 19.9 Å². The van der Waals surface area contributed by atoms with Crippen LogP contribution >= 0.6 is 0 Å². The first-order chi connectivity index (χ1) is 8.80. The van der Waals surface area contributed by atoms with Crippen molar-refractivity contribution in [1.29, 1.82) is 0 Å². The predicted molar refractivity (Wildman–Crippen MR) is 75.8 cm³/mol. The van der Waals surface area contributed by atoms with Crippen LogP contribution in [0.3, 0.4) is 0 Å². The number of piperidine rings is 1. The van der Waals surface area contributed by atoms with Gasteiger partial charge >= 0.3 is 0 Å². The number of β-amino-alcohol motifs (C(OH)–C–C–N with tert-alkyl or cyclic N) is 1. The Morgan fingerprint density at radius 3 is 2.74 bits per heavy atom. The second-order valence-electron chi connectivity index (χ2n) is 5.97.